The second kappa shape index (κ2) is 4.41. The number of hydrogen-bond acceptors (Lipinski definition) is 2. The average molecular weight is 278 g/mol. The molecule has 1 aromatic carbocycles. The van der Waals surface area contributed by atoms with Gasteiger partial charge in [-0.25, -0.2) is 0 Å². The molecule has 1 aromatic rings. The van der Waals surface area contributed by atoms with Crippen LogP contribution in [-0.4, -0.2) is 18.5 Å². The fourth-order valence-corrected chi connectivity index (χ4v) is 2.07. The van der Waals surface area contributed by atoms with E-state index in [1.807, 2.05) is 12.1 Å². The molecule has 76 valence electrons. The molecule has 0 aromatic heterocycles. The summed E-state index contributed by atoms with van der Waals surface area (Å²) in [5.41, 5.74) is 1.09. The van der Waals surface area contributed by atoms with Crippen LogP contribution < -0.4 is 9.47 Å². The van der Waals surface area contributed by atoms with Gasteiger partial charge in [0.25, 0.3) is 0 Å². The van der Waals surface area contributed by atoms with E-state index in [0.717, 1.165) is 33.8 Å². The van der Waals surface area contributed by atoms with Gasteiger partial charge in [-0.2, -0.15) is 0 Å². The summed E-state index contributed by atoms with van der Waals surface area (Å²) in [6.45, 7) is 1.21. The molecule has 14 heavy (non-hydrogen) atoms. The number of benzene rings is 1. The monoisotopic (exact) mass is 276 g/mol. The molecule has 4 heteroatoms. The van der Waals surface area contributed by atoms with E-state index in [2.05, 4.69) is 15.9 Å². The van der Waals surface area contributed by atoms with Crippen LogP contribution in [0.2, 0.25) is 5.02 Å². The molecule has 0 bridgehead atoms. The van der Waals surface area contributed by atoms with Crippen molar-refractivity contribution < 1.29 is 9.47 Å². The molecule has 0 unspecified atom stereocenters. The molecule has 0 atom stereocenters. The van der Waals surface area contributed by atoms with Crippen LogP contribution in [0.1, 0.15) is 5.56 Å². The van der Waals surface area contributed by atoms with E-state index in [4.69, 9.17) is 21.1 Å². The maximum atomic E-state index is 6.08. The van der Waals surface area contributed by atoms with E-state index in [1.165, 1.54) is 0 Å². The summed E-state index contributed by atoms with van der Waals surface area (Å²) >= 11 is 9.47. The van der Waals surface area contributed by atoms with Gasteiger partial charge >= 0.3 is 0 Å². The van der Waals surface area contributed by atoms with E-state index in [-0.39, 0.29) is 0 Å². The number of aryl methyl sites for hydroxylation is 1. The van der Waals surface area contributed by atoms with Crippen LogP contribution in [0.15, 0.2) is 12.1 Å². The van der Waals surface area contributed by atoms with Crippen LogP contribution in [-0.2, 0) is 6.42 Å². The van der Waals surface area contributed by atoms with Crippen molar-refractivity contribution in [2.75, 3.05) is 18.5 Å². The second-order valence-electron chi connectivity index (χ2n) is 3.03. The quantitative estimate of drug-likeness (QED) is 0.774. The molecule has 0 N–H and O–H groups in total. The SMILES string of the molecule is Clc1cc2c(cc1CCBr)OCCO2. The Bertz CT molecular complexity index is 341. The highest BCUT2D eigenvalue weighted by molar-refractivity contribution is 9.09. The smallest absolute Gasteiger partial charge is 0.162 e. The van der Waals surface area contributed by atoms with Crippen molar-refractivity contribution in [1.82, 2.24) is 0 Å². The largest absolute Gasteiger partial charge is 0.486 e. The van der Waals surface area contributed by atoms with Crippen molar-refractivity contribution in [2.45, 2.75) is 6.42 Å². The number of alkyl halides is 1. The molecule has 1 aliphatic heterocycles. The van der Waals surface area contributed by atoms with Crippen molar-refractivity contribution in [3.05, 3.63) is 22.7 Å². The maximum Gasteiger partial charge on any atom is 0.162 e. The third-order valence-electron chi connectivity index (χ3n) is 2.08. The predicted octanol–water partition coefficient (Wildman–Crippen LogP) is 3.05. The molecule has 0 saturated heterocycles. The Hall–Kier alpha value is -0.410. The summed E-state index contributed by atoms with van der Waals surface area (Å²) in [5, 5.41) is 1.64. The van der Waals surface area contributed by atoms with Crippen LogP contribution in [0.25, 0.3) is 0 Å². The summed E-state index contributed by atoms with van der Waals surface area (Å²) in [6.07, 6.45) is 0.898. The first-order valence-electron chi connectivity index (χ1n) is 4.45. The van der Waals surface area contributed by atoms with Crippen LogP contribution in [0.3, 0.4) is 0 Å². The summed E-state index contributed by atoms with van der Waals surface area (Å²) in [4.78, 5) is 0. The number of ether oxygens (including phenoxy) is 2. The van der Waals surface area contributed by atoms with Crippen molar-refractivity contribution >= 4 is 27.5 Å². The Labute approximate surface area is 96.3 Å². The fraction of sp³-hybridized carbons (Fsp3) is 0.400. The van der Waals surface area contributed by atoms with Gasteiger partial charge in [0, 0.05) is 16.4 Å². The van der Waals surface area contributed by atoms with Crippen LogP contribution in [0.5, 0.6) is 11.5 Å². The zero-order chi connectivity index (χ0) is 9.97. The molecule has 0 spiro atoms. The van der Waals surface area contributed by atoms with Crippen molar-refractivity contribution in [3.63, 3.8) is 0 Å². The highest BCUT2D eigenvalue weighted by Gasteiger charge is 2.14. The first-order valence-corrected chi connectivity index (χ1v) is 5.95. The van der Waals surface area contributed by atoms with Gasteiger partial charge in [0.1, 0.15) is 13.2 Å². The molecule has 1 heterocycles. The predicted molar refractivity (Wildman–Crippen MR) is 59.9 cm³/mol. The third kappa shape index (κ3) is 1.98. The van der Waals surface area contributed by atoms with Crippen LogP contribution >= 0.6 is 27.5 Å². The van der Waals surface area contributed by atoms with Crippen molar-refractivity contribution in [2.24, 2.45) is 0 Å². The average Bonchev–Trinajstić information content (AvgIpc) is 2.19. The number of fused-ring (bicyclic) bond motifs is 1. The molecule has 0 saturated carbocycles. The molecule has 0 aliphatic carbocycles. The summed E-state index contributed by atoms with van der Waals surface area (Å²) in [7, 11) is 0. The van der Waals surface area contributed by atoms with Gasteiger partial charge < -0.3 is 9.47 Å². The standard InChI is InChI=1S/C10H10BrClO2/c11-2-1-7-5-9-10(6-8(7)12)14-4-3-13-9/h5-6H,1-4H2. The van der Waals surface area contributed by atoms with Crippen LogP contribution in [0.4, 0.5) is 0 Å². The molecular formula is C10H10BrClO2. The number of hydrogen-bond donors (Lipinski definition) is 0. The molecule has 2 nitrogen and oxygen atoms in total. The minimum atomic E-state index is 0.598. The lowest BCUT2D eigenvalue weighted by molar-refractivity contribution is 0.171. The lowest BCUT2D eigenvalue weighted by Gasteiger charge is -2.19. The van der Waals surface area contributed by atoms with Gasteiger partial charge in [0.15, 0.2) is 11.5 Å². The highest BCUT2D eigenvalue weighted by atomic mass is 79.9. The summed E-state index contributed by atoms with van der Waals surface area (Å²) in [6, 6.07) is 3.78. The highest BCUT2D eigenvalue weighted by Crippen LogP contribution is 2.35. The van der Waals surface area contributed by atoms with Gasteiger partial charge in [-0.3, -0.25) is 0 Å². The zero-order valence-corrected chi connectivity index (χ0v) is 9.90. The molecule has 0 radical (unpaired) electrons. The van der Waals surface area contributed by atoms with E-state index in [1.54, 1.807) is 0 Å². The van der Waals surface area contributed by atoms with Crippen molar-refractivity contribution in [3.8, 4) is 11.5 Å². The minimum Gasteiger partial charge on any atom is -0.486 e. The Kier molecular flexibility index (Phi) is 3.19. The topological polar surface area (TPSA) is 18.5 Å². The molecule has 0 amide bonds. The number of halogens is 2. The summed E-state index contributed by atoms with van der Waals surface area (Å²) < 4.78 is 10.9. The Morgan fingerprint density at radius 2 is 1.86 bits per heavy atom. The maximum absolute atomic E-state index is 6.08. The molecule has 1 aliphatic rings. The van der Waals surface area contributed by atoms with E-state index in [0.29, 0.717) is 13.2 Å². The summed E-state index contributed by atoms with van der Waals surface area (Å²) in [5.74, 6) is 1.55. The number of rotatable bonds is 2. The third-order valence-corrected chi connectivity index (χ3v) is 2.82. The van der Waals surface area contributed by atoms with E-state index in [9.17, 15) is 0 Å². The molecular weight excluding hydrogens is 267 g/mol. The van der Waals surface area contributed by atoms with Gasteiger partial charge in [-0.15, -0.1) is 0 Å². The van der Waals surface area contributed by atoms with E-state index < -0.39 is 0 Å². The van der Waals surface area contributed by atoms with Gasteiger partial charge in [0.2, 0.25) is 0 Å². The van der Waals surface area contributed by atoms with Crippen molar-refractivity contribution in [1.29, 1.82) is 0 Å². The lowest BCUT2D eigenvalue weighted by atomic mass is 10.1. The lowest BCUT2D eigenvalue weighted by Crippen LogP contribution is -2.15. The minimum absolute atomic E-state index is 0.598. The fourth-order valence-electron chi connectivity index (χ4n) is 1.40. The van der Waals surface area contributed by atoms with Gasteiger partial charge in [-0.05, 0) is 18.1 Å². The van der Waals surface area contributed by atoms with Gasteiger partial charge in [-0.1, -0.05) is 27.5 Å². The second-order valence-corrected chi connectivity index (χ2v) is 4.23. The van der Waals surface area contributed by atoms with Crippen LogP contribution in [0, 0.1) is 0 Å². The van der Waals surface area contributed by atoms with Gasteiger partial charge in [0.05, 0.1) is 0 Å². The normalized spacial score (nSPS) is 14.1. The first-order chi connectivity index (χ1) is 6.81. The molecule has 2 rings (SSSR count). The molecule has 0 fully saturated rings. The zero-order valence-electron chi connectivity index (χ0n) is 7.56. The Morgan fingerprint density at radius 1 is 1.21 bits per heavy atom. The first kappa shape index (κ1) is 10.1. The van der Waals surface area contributed by atoms with E-state index >= 15 is 0 Å². The Morgan fingerprint density at radius 3 is 2.50 bits per heavy atom. The Balaban J connectivity index is 2.35.